The van der Waals surface area contributed by atoms with E-state index in [1.807, 2.05) is 0 Å². The van der Waals surface area contributed by atoms with Gasteiger partial charge in [0.25, 0.3) is 0 Å². The van der Waals surface area contributed by atoms with E-state index in [1.165, 1.54) is 45.5 Å². The van der Waals surface area contributed by atoms with Gasteiger partial charge in [-0.25, -0.2) is 22.3 Å². The maximum Gasteiger partial charge on any atom is 0.338 e. The first-order valence-electron chi connectivity index (χ1n) is 7.62. The zero-order valence-electron chi connectivity index (χ0n) is 14.6. The van der Waals surface area contributed by atoms with Gasteiger partial charge in [-0.05, 0) is 42.0 Å². The topological polar surface area (TPSA) is 90.0 Å². The second-order valence-electron chi connectivity index (χ2n) is 5.58. The summed E-state index contributed by atoms with van der Waals surface area (Å²) < 4.78 is 35.0. The van der Waals surface area contributed by atoms with Gasteiger partial charge in [-0.15, -0.1) is 0 Å². The maximum absolute atomic E-state index is 12.1. The molecule has 2 rings (SSSR count). The third-order valence-electron chi connectivity index (χ3n) is 3.59. The van der Waals surface area contributed by atoms with Gasteiger partial charge in [-0.3, -0.25) is 0 Å². The molecular weight excluding hydrogens is 358 g/mol. The summed E-state index contributed by atoms with van der Waals surface area (Å²) in [5, 5.41) is 0. The molecule has 0 unspecified atom stereocenters. The Bertz CT molecular complexity index is 904. The smallest absolute Gasteiger partial charge is 0.338 e. The third kappa shape index (κ3) is 4.47. The van der Waals surface area contributed by atoms with Crippen molar-refractivity contribution in [1.82, 2.24) is 4.31 Å². The Morgan fingerprint density at radius 2 is 1.62 bits per heavy atom. The van der Waals surface area contributed by atoms with E-state index in [-0.39, 0.29) is 17.1 Å². The summed E-state index contributed by atoms with van der Waals surface area (Å²) in [5.74, 6) is -1.07. The van der Waals surface area contributed by atoms with Gasteiger partial charge in [0, 0.05) is 14.1 Å². The number of rotatable bonds is 6. The van der Waals surface area contributed by atoms with Gasteiger partial charge in [-0.1, -0.05) is 12.1 Å². The lowest BCUT2D eigenvalue weighted by molar-refractivity contribution is 0.0472. The van der Waals surface area contributed by atoms with Gasteiger partial charge in [0.15, 0.2) is 0 Å². The van der Waals surface area contributed by atoms with Crippen LogP contribution in [0.5, 0.6) is 0 Å². The van der Waals surface area contributed by atoms with Crippen LogP contribution in [-0.4, -0.2) is 45.9 Å². The quantitative estimate of drug-likeness (QED) is 0.716. The molecule has 0 bridgehead atoms. The molecule has 0 atom stereocenters. The highest BCUT2D eigenvalue weighted by atomic mass is 32.2. The number of hydrogen-bond donors (Lipinski definition) is 0. The number of nitrogens with zero attached hydrogens (tertiary/aromatic N) is 1. The van der Waals surface area contributed by atoms with Crippen LogP contribution in [0, 0.1) is 0 Å². The molecule has 0 aliphatic rings. The van der Waals surface area contributed by atoms with Crippen molar-refractivity contribution < 1.29 is 27.5 Å². The summed E-state index contributed by atoms with van der Waals surface area (Å²) in [6.07, 6.45) is 0. The monoisotopic (exact) mass is 377 g/mol. The van der Waals surface area contributed by atoms with Crippen molar-refractivity contribution in [1.29, 1.82) is 0 Å². The molecule has 138 valence electrons. The predicted molar refractivity (Wildman–Crippen MR) is 94.2 cm³/mol. The number of sulfonamides is 1. The summed E-state index contributed by atoms with van der Waals surface area (Å²) >= 11 is 0. The minimum atomic E-state index is -3.55. The van der Waals surface area contributed by atoms with E-state index >= 15 is 0 Å². The lowest BCUT2D eigenvalue weighted by Gasteiger charge is -2.11. The number of benzene rings is 2. The van der Waals surface area contributed by atoms with Crippen molar-refractivity contribution in [3.05, 3.63) is 65.2 Å². The predicted octanol–water partition coefficient (Wildman–Crippen LogP) is 2.08. The molecule has 0 spiro atoms. The lowest BCUT2D eigenvalue weighted by atomic mass is 10.1. The molecule has 0 saturated heterocycles. The Morgan fingerprint density at radius 3 is 2.19 bits per heavy atom. The van der Waals surface area contributed by atoms with Crippen LogP contribution in [-0.2, 0) is 26.1 Å². The number of carbonyl (C=O) groups excluding carboxylic acids is 2. The fourth-order valence-corrected chi connectivity index (χ4v) is 3.01. The van der Waals surface area contributed by atoms with Crippen LogP contribution in [0.15, 0.2) is 53.4 Å². The molecule has 0 saturated carbocycles. The molecule has 0 radical (unpaired) electrons. The number of hydrogen-bond acceptors (Lipinski definition) is 6. The van der Waals surface area contributed by atoms with Crippen molar-refractivity contribution in [3.8, 4) is 0 Å². The molecule has 0 heterocycles. The average Bonchev–Trinajstić information content (AvgIpc) is 2.65. The molecule has 0 aromatic heterocycles. The zero-order valence-corrected chi connectivity index (χ0v) is 15.4. The fourth-order valence-electron chi connectivity index (χ4n) is 2.11. The molecule has 2 aromatic rings. The first kappa shape index (κ1) is 19.6. The average molecular weight is 377 g/mol. The number of carbonyl (C=O) groups is 2. The SMILES string of the molecule is COC(=O)c1cccc(COC(=O)c2ccc(S(=O)(=O)N(C)C)cc2)c1. The highest BCUT2D eigenvalue weighted by Crippen LogP contribution is 2.15. The van der Waals surface area contributed by atoms with Crippen molar-refractivity contribution >= 4 is 22.0 Å². The largest absolute Gasteiger partial charge is 0.465 e. The normalized spacial score (nSPS) is 11.2. The van der Waals surface area contributed by atoms with E-state index in [4.69, 9.17) is 4.74 Å². The summed E-state index contributed by atoms with van der Waals surface area (Å²) in [4.78, 5) is 23.7. The van der Waals surface area contributed by atoms with E-state index in [2.05, 4.69) is 4.74 Å². The van der Waals surface area contributed by atoms with E-state index in [0.717, 1.165) is 4.31 Å². The highest BCUT2D eigenvalue weighted by Gasteiger charge is 2.18. The molecule has 2 aromatic carbocycles. The van der Waals surface area contributed by atoms with Crippen LogP contribution in [0.1, 0.15) is 26.3 Å². The van der Waals surface area contributed by atoms with Crippen LogP contribution in [0.2, 0.25) is 0 Å². The van der Waals surface area contributed by atoms with Crippen molar-refractivity contribution in [2.75, 3.05) is 21.2 Å². The first-order chi connectivity index (χ1) is 12.3. The summed E-state index contributed by atoms with van der Waals surface area (Å²) in [6.45, 7) is -0.0264. The molecule has 0 N–H and O–H groups in total. The van der Waals surface area contributed by atoms with E-state index in [9.17, 15) is 18.0 Å². The van der Waals surface area contributed by atoms with Crippen LogP contribution < -0.4 is 0 Å². The molecule has 0 aliphatic carbocycles. The van der Waals surface area contributed by atoms with Gasteiger partial charge < -0.3 is 9.47 Å². The van der Waals surface area contributed by atoms with E-state index < -0.39 is 22.0 Å². The molecule has 0 fully saturated rings. The summed E-state index contributed by atoms with van der Waals surface area (Å²) in [7, 11) is 0.595. The molecule has 26 heavy (non-hydrogen) atoms. The molecule has 7 nitrogen and oxygen atoms in total. The summed E-state index contributed by atoms with van der Waals surface area (Å²) in [5.41, 5.74) is 1.22. The second-order valence-corrected chi connectivity index (χ2v) is 7.73. The molecule has 0 amide bonds. The Kier molecular flexibility index (Phi) is 6.12. The third-order valence-corrected chi connectivity index (χ3v) is 5.42. The lowest BCUT2D eigenvalue weighted by Crippen LogP contribution is -2.22. The van der Waals surface area contributed by atoms with Crippen LogP contribution in [0.25, 0.3) is 0 Å². The summed E-state index contributed by atoms with van der Waals surface area (Å²) in [6, 6.07) is 12.0. The molecule has 0 aliphatic heterocycles. The Labute approximate surface area is 152 Å². The van der Waals surface area contributed by atoms with Gasteiger partial charge in [-0.2, -0.15) is 0 Å². The number of esters is 2. The maximum atomic E-state index is 12.1. The number of methoxy groups -OCH3 is 1. The first-order valence-corrected chi connectivity index (χ1v) is 9.06. The zero-order chi connectivity index (χ0) is 19.3. The van der Waals surface area contributed by atoms with Gasteiger partial charge in [0.2, 0.25) is 10.0 Å². The van der Waals surface area contributed by atoms with Crippen molar-refractivity contribution in [2.45, 2.75) is 11.5 Å². The standard InChI is InChI=1S/C18H19NO6S/c1-19(2)26(22,23)16-9-7-14(8-10-16)18(21)25-12-13-5-4-6-15(11-13)17(20)24-3/h4-11H,12H2,1-3H3. The number of ether oxygens (including phenoxy) is 2. The fraction of sp³-hybridized carbons (Fsp3) is 0.222. The minimum Gasteiger partial charge on any atom is -0.465 e. The molecule has 8 heteroatoms. The van der Waals surface area contributed by atoms with Gasteiger partial charge in [0.05, 0.1) is 23.1 Å². The second kappa shape index (κ2) is 8.11. The Hall–Kier alpha value is -2.71. The van der Waals surface area contributed by atoms with Gasteiger partial charge in [0.1, 0.15) is 6.61 Å². The van der Waals surface area contributed by atoms with E-state index in [0.29, 0.717) is 11.1 Å². The van der Waals surface area contributed by atoms with Crippen LogP contribution in [0.3, 0.4) is 0 Å². The van der Waals surface area contributed by atoms with E-state index in [1.54, 1.807) is 24.3 Å². The van der Waals surface area contributed by atoms with Crippen LogP contribution in [0.4, 0.5) is 0 Å². The highest BCUT2D eigenvalue weighted by molar-refractivity contribution is 7.89. The Morgan fingerprint density at radius 1 is 0.962 bits per heavy atom. The van der Waals surface area contributed by atoms with Gasteiger partial charge >= 0.3 is 11.9 Å². The van der Waals surface area contributed by atoms with Crippen molar-refractivity contribution in [3.63, 3.8) is 0 Å². The Balaban J connectivity index is 2.06. The van der Waals surface area contributed by atoms with Crippen molar-refractivity contribution in [2.24, 2.45) is 0 Å². The van der Waals surface area contributed by atoms with Crippen LogP contribution >= 0.6 is 0 Å². The molecular formula is C18H19NO6S. The minimum absolute atomic E-state index is 0.0264.